The molecule has 0 unspecified atom stereocenters. The van der Waals surface area contributed by atoms with Gasteiger partial charge in [0, 0.05) is 23.5 Å². The van der Waals surface area contributed by atoms with Crippen molar-refractivity contribution in [3.8, 4) is 11.3 Å². The van der Waals surface area contributed by atoms with Gasteiger partial charge in [0.25, 0.3) is 0 Å². The molecular weight excluding hydrogens is 308 g/mol. The fraction of sp³-hybridized carbons (Fsp3) is 0.444. The maximum Gasteiger partial charge on any atom is 0.311 e. The minimum atomic E-state index is -0.182. The van der Waals surface area contributed by atoms with Crippen LogP contribution in [-0.2, 0) is 16.0 Å². The quantitative estimate of drug-likeness (QED) is 0.780. The molecule has 0 saturated carbocycles. The van der Waals surface area contributed by atoms with Crippen molar-refractivity contribution in [2.45, 2.75) is 32.6 Å². The first-order valence-electron chi connectivity index (χ1n) is 8.23. The van der Waals surface area contributed by atoms with E-state index in [9.17, 15) is 4.79 Å². The van der Waals surface area contributed by atoms with Crippen LogP contribution in [0.2, 0.25) is 0 Å². The molecule has 23 heavy (non-hydrogen) atoms. The SMILES string of the molecule is CCOC(=O)Cc1sc(N2CCCCC2)nc1-c1ccccc1. The molecule has 0 amide bonds. The third kappa shape index (κ3) is 3.91. The highest BCUT2D eigenvalue weighted by atomic mass is 32.1. The van der Waals surface area contributed by atoms with Crippen LogP contribution in [-0.4, -0.2) is 30.6 Å². The number of esters is 1. The number of anilines is 1. The number of benzene rings is 1. The second kappa shape index (κ2) is 7.59. The topological polar surface area (TPSA) is 42.4 Å². The van der Waals surface area contributed by atoms with Gasteiger partial charge in [0.2, 0.25) is 0 Å². The molecule has 1 fully saturated rings. The summed E-state index contributed by atoms with van der Waals surface area (Å²) in [7, 11) is 0. The smallest absolute Gasteiger partial charge is 0.311 e. The molecule has 1 saturated heterocycles. The number of ether oxygens (including phenoxy) is 1. The third-order valence-electron chi connectivity index (χ3n) is 3.97. The number of hydrogen-bond acceptors (Lipinski definition) is 5. The Balaban J connectivity index is 1.91. The molecule has 2 heterocycles. The van der Waals surface area contributed by atoms with Crippen LogP contribution in [0.1, 0.15) is 31.1 Å². The van der Waals surface area contributed by atoms with Crippen molar-refractivity contribution < 1.29 is 9.53 Å². The summed E-state index contributed by atoms with van der Waals surface area (Å²) in [5, 5.41) is 1.03. The van der Waals surface area contributed by atoms with Gasteiger partial charge in [-0.25, -0.2) is 4.98 Å². The van der Waals surface area contributed by atoms with Gasteiger partial charge in [-0.2, -0.15) is 0 Å². The number of carbonyl (C=O) groups excluding carboxylic acids is 1. The predicted molar refractivity (Wildman–Crippen MR) is 94.0 cm³/mol. The van der Waals surface area contributed by atoms with Crippen LogP contribution in [0.3, 0.4) is 0 Å². The van der Waals surface area contributed by atoms with E-state index in [1.807, 2.05) is 37.3 Å². The van der Waals surface area contributed by atoms with E-state index < -0.39 is 0 Å². The number of carbonyl (C=O) groups is 1. The van der Waals surface area contributed by atoms with E-state index in [0.29, 0.717) is 13.0 Å². The Kier molecular flexibility index (Phi) is 5.28. The monoisotopic (exact) mass is 330 g/mol. The van der Waals surface area contributed by atoms with Crippen LogP contribution in [0, 0.1) is 0 Å². The molecule has 2 aromatic rings. The average molecular weight is 330 g/mol. The zero-order valence-electron chi connectivity index (χ0n) is 13.5. The summed E-state index contributed by atoms with van der Waals surface area (Å²) in [5.41, 5.74) is 1.98. The summed E-state index contributed by atoms with van der Waals surface area (Å²) in [6.45, 7) is 4.36. The minimum absolute atomic E-state index is 0.182. The Morgan fingerprint density at radius 2 is 1.96 bits per heavy atom. The van der Waals surface area contributed by atoms with E-state index in [0.717, 1.165) is 34.4 Å². The van der Waals surface area contributed by atoms with Gasteiger partial charge in [-0.1, -0.05) is 30.3 Å². The van der Waals surface area contributed by atoms with Crippen LogP contribution >= 0.6 is 11.3 Å². The van der Waals surface area contributed by atoms with Crippen molar-refractivity contribution in [3.63, 3.8) is 0 Å². The summed E-state index contributed by atoms with van der Waals surface area (Å²) in [5.74, 6) is -0.182. The molecule has 1 aromatic heterocycles. The fourth-order valence-electron chi connectivity index (χ4n) is 2.84. The van der Waals surface area contributed by atoms with Gasteiger partial charge in [-0.15, -0.1) is 11.3 Å². The van der Waals surface area contributed by atoms with Crippen molar-refractivity contribution in [2.24, 2.45) is 0 Å². The van der Waals surface area contributed by atoms with Crippen LogP contribution in [0.4, 0.5) is 5.13 Å². The van der Waals surface area contributed by atoms with E-state index in [-0.39, 0.29) is 5.97 Å². The summed E-state index contributed by atoms with van der Waals surface area (Å²) in [6.07, 6.45) is 4.02. The lowest BCUT2D eigenvalue weighted by atomic mass is 10.1. The van der Waals surface area contributed by atoms with Crippen LogP contribution in [0.15, 0.2) is 30.3 Å². The minimum Gasteiger partial charge on any atom is -0.466 e. The number of piperidine rings is 1. The first-order chi connectivity index (χ1) is 11.3. The van der Waals surface area contributed by atoms with Gasteiger partial charge in [0.15, 0.2) is 5.13 Å². The molecule has 1 aliphatic heterocycles. The van der Waals surface area contributed by atoms with E-state index in [4.69, 9.17) is 9.72 Å². The molecule has 4 nitrogen and oxygen atoms in total. The van der Waals surface area contributed by atoms with Gasteiger partial charge in [-0.05, 0) is 26.2 Å². The molecule has 0 atom stereocenters. The maximum atomic E-state index is 11.9. The van der Waals surface area contributed by atoms with Crippen LogP contribution in [0.5, 0.6) is 0 Å². The van der Waals surface area contributed by atoms with E-state index >= 15 is 0 Å². The Morgan fingerprint density at radius 3 is 2.65 bits per heavy atom. The highest BCUT2D eigenvalue weighted by Crippen LogP contribution is 2.34. The Morgan fingerprint density at radius 1 is 1.22 bits per heavy atom. The second-order valence-electron chi connectivity index (χ2n) is 5.66. The van der Waals surface area contributed by atoms with Crippen LogP contribution < -0.4 is 4.90 Å². The Hall–Kier alpha value is -1.88. The third-order valence-corrected chi connectivity index (χ3v) is 5.09. The molecule has 1 aromatic carbocycles. The lowest BCUT2D eigenvalue weighted by Crippen LogP contribution is -2.29. The normalized spacial score (nSPS) is 14.7. The second-order valence-corrected chi connectivity index (χ2v) is 6.73. The first kappa shape index (κ1) is 16.0. The fourth-order valence-corrected chi connectivity index (χ4v) is 3.96. The van der Waals surface area contributed by atoms with Crippen molar-refractivity contribution in [1.29, 1.82) is 0 Å². The lowest BCUT2D eigenvalue weighted by Gasteiger charge is -2.25. The molecular formula is C18H22N2O2S. The van der Waals surface area contributed by atoms with Crippen molar-refractivity contribution in [2.75, 3.05) is 24.6 Å². The average Bonchev–Trinajstić information content (AvgIpc) is 3.00. The van der Waals surface area contributed by atoms with E-state index in [1.165, 1.54) is 19.3 Å². The standard InChI is InChI=1S/C18H22N2O2S/c1-2-22-16(21)13-15-17(14-9-5-3-6-10-14)19-18(23-15)20-11-7-4-8-12-20/h3,5-6,9-10H,2,4,7-8,11-13H2,1H3. The predicted octanol–water partition coefficient (Wildman–Crippen LogP) is 3.91. The molecule has 0 spiro atoms. The lowest BCUT2D eigenvalue weighted by molar-refractivity contribution is -0.142. The van der Waals surface area contributed by atoms with Crippen molar-refractivity contribution in [1.82, 2.24) is 4.98 Å². The van der Waals surface area contributed by atoms with Crippen LogP contribution in [0.25, 0.3) is 11.3 Å². The van der Waals surface area contributed by atoms with Gasteiger partial charge in [0.05, 0.1) is 18.7 Å². The zero-order chi connectivity index (χ0) is 16.1. The first-order valence-corrected chi connectivity index (χ1v) is 9.05. The molecule has 5 heteroatoms. The van der Waals surface area contributed by atoms with Crippen molar-refractivity contribution in [3.05, 3.63) is 35.2 Å². The molecule has 1 aliphatic rings. The molecule has 0 aliphatic carbocycles. The molecule has 122 valence electrons. The number of rotatable bonds is 5. The number of thiazole rings is 1. The molecule has 0 radical (unpaired) electrons. The summed E-state index contributed by atoms with van der Waals surface area (Å²) < 4.78 is 5.12. The zero-order valence-corrected chi connectivity index (χ0v) is 14.3. The highest BCUT2D eigenvalue weighted by Gasteiger charge is 2.21. The number of nitrogens with zero attached hydrogens (tertiary/aromatic N) is 2. The molecule has 3 rings (SSSR count). The van der Waals surface area contributed by atoms with Gasteiger partial charge in [-0.3, -0.25) is 4.79 Å². The molecule has 0 N–H and O–H groups in total. The highest BCUT2D eigenvalue weighted by molar-refractivity contribution is 7.16. The maximum absolute atomic E-state index is 11.9. The van der Waals surface area contributed by atoms with Gasteiger partial charge in [0.1, 0.15) is 0 Å². The summed E-state index contributed by atoms with van der Waals surface area (Å²) in [6, 6.07) is 10.1. The van der Waals surface area contributed by atoms with E-state index in [1.54, 1.807) is 11.3 Å². The largest absolute Gasteiger partial charge is 0.466 e. The summed E-state index contributed by atoms with van der Waals surface area (Å²) >= 11 is 1.63. The number of hydrogen-bond donors (Lipinski definition) is 0. The summed E-state index contributed by atoms with van der Waals surface area (Å²) in [4.78, 5) is 20.1. The Labute approximate surface area is 141 Å². The van der Waals surface area contributed by atoms with Gasteiger partial charge < -0.3 is 9.64 Å². The van der Waals surface area contributed by atoms with Crippen molar-refractivity contribution >= 4 is 22.4 Å². The number of aromatic nitrogens is 1. The Bertz CT molecular complexity index is 648. The van der Waals surface area contributed by atoms with Gasteiger partial charge >= 0.3 is 5.97 Å². The molecule has 0 bridgehead atoms. The van der Waals surface area contributed by atoms with E-state index in [2.05, 4.69) is 4.90 Å².